The number of esters is 1. The third-order valence-electron chi connectivity index (χ3n) is 3.93. The summed E-state index contributed by atoms with van der Waals surface area (Å²) in [6.07, 6.45) is 8.10. The molecule has 3 N–H and O–H groups in total. The molecule has 2 aromatic rings. The average Bonchev–Trinajstić information content (AvgIpc) is 2.98. The largest absolute Gasteiger partial charge is 0.462 e. The first-order valence-electron chi connectivity index (χ1n) is 7.99. The van der Waals surface area contributed by atoms with Gasteiger partial charge in [-0.25, -0.2) is 4.79 Å². The van der Waals surface area contributed by atoms with Crippen molar-refractivity contribution in [2.24, 2.45) is 0 Å². The van der Waals surface area contributed by atoms with Crippen molar-refractivity contribution < 1.29 is 9.53 Å². The molecule has 25 heavy (non-hydrogen) atoms. The summed E-state index contributed by atoms with van der Waals surface area (Å²) < 4.78 is 5.05. The number of allylic oxidation sites excluding steroid dienone is 2. The summed E-state index contributed by atoms with van der Waals surface area (Å²) in [5, 5.41) is 0. The fourth-order valence-electron chi connectivity index (χ4n) is 2.79. The second-order valence-corrected chi connectivity index (χ2v) is 5.60. The van der Waals surface area contributed by atoms with Crippen LogP contribution in [0.4, 0.5) is 5.82 Å². The monoisotopic (exact) mass is 403 g/mol. The molecule has 6 heteroatoms. The topological polar surface area (TPSA) is 71.3 Å². The molecule has 1 aromatic carbocycles. The van der Waals surface area contributed by atoms with Crippen LogP contribution in [0.3, 0.4) is 0 Å². The fraction of sp³-hybridized carbons (Fsp3) is 0.211. The second kappa shape index (κ2) is 8.58. The lowest BCUT2D eigenvalue weighted by atomic mass is 10.1. The van der Waals surface area contributed by atoms with E-state index in [1.807, 2.05) is 36.6 Å². The van der Waals surface area contributed by atoms with E-state index in [1.54, 1.807) is 13.0 Å². The predicted molar refractivity (Wildman–Crippen MR) is 104 cm³/mol. The molecule has 1 aliphatic rings. The first-order valence-corrected chi connectivity index (χ1v) is 7.99. The summed E-state index contributed by atoms with van der Waals surface area (Å²) in [5.41, 5.74) is 8.43. The summed E-state index contributed by atoms with van der Waals surface area (Å²) in [6, 6.07) is 12.0. The molecule has 3 rings (SSSR count). The van der Waals surface area contributed by atoms with Gasteiger partial charge in [-0.2, -0.15) is 0 Å². The Hall–Kier alpha value is -2.47. The third-order valence-corrected chi connectivity index (χ3v) is 3.93. The maximum atomic E-state index is 12.0. The van der Waals surface area contributed by atoms with Gasteiger partial charge in [0.1, 0.15) is 11.4 Å². The summed E-state index contributed by atoms with van der Waals surface area (Å²) in [7, 11) is 0. The van der Waals surface area contributed by atoms with Gasteiger partial charge >= 0.3 is 5.97 Å². The van der Waals surface area contributed by atoms with Crippen molar-refractivity contribution in [2.45, 2.75) is 19.5 Å². The maximum absolute atomic E-state index is 12.0. The van der Waals surface area contributed by atoms with Crippen molar-refractivity contribution in [1.82, 2.24) is 9.88 Å². The number of rotatable bonds is 5. The number of nitrogen functional groups attached to an aromatic ring is 1. The molecule has 0 spiro atoms. The number of aromatic amines is 1. The molecular weight excluding hydrogens is 382 g/mol. The van der Waals surface area contributed by atoms with E-state index in [0.29, 0.717) is 18.0 Å². The van der Waals surface area contributed by atoms with Gasteiger partial charge in [0.15, 0.2) is 0 Å². The molecule has 0 fully saturated rings. The Morgan fingerprint density at radius 2 is 2.04 bits per heavy atom. The van der Waals surface area contributed by atoms with Gasteiger partial charge in [-0.05, 0) is 24.6 Å². The SMILES string of the molecule is Br.CCOC(=O)c1cc(C2C=CC=CN2Cc2ccccc2)[nH]c1N. The number of H-pyrrole nitrogens is 1. The number of nitrogens with two attached hydrogens (primary N) is 1. The number of hydrogen-bond donors (Lipinski definition) is 2. The first-order chi connectivity index (χ1) is 11.7. The van der Waals surface area contributed by atoms with E-state index in [4.69, 9.17) is 10.5 Å². The van der Waals surface area contributed by atoms with Gasteiger partial charge in [0.05, 0.1) is 12.6 Å². The van der Waals surface area contributed by atoms with Gasteiger partial charge in [0.25, 0.3) is 0 Å². The van der Waals surface area contributed by atoms with Crippen molar-refractivity contribution in [3.05, 3.63) is 77.6 Å². The zero-order valence-corrected chi connectivity index (χ0v) is 15.7. The van der Waals surface area contributed by atoms with Crippen LogP contribution in [0.1, 0.15) is 34.6 Å². The molecule has 0 saturated heterocycles. The normalized spacial score (nSPS) is 15.7. The Morgan fingerprint density at radius 3 is 2.76 bits per heavy atom. The molecule has 1 aliphatic heterocycles. The molecule has 132 valence electrons. The number of nitrogens with one attached hydrogen (secondary N) is 1. The Balaban J connectivity index is 0.00000225. The van der Waals surface area contributed by atoms with E-state index in [2.05, 4.69) is 28.1 Å². The van der Waals surface area contributed by atoms with Crippen LogP contribution in [-0.2, 0) is 11.3 Å². The number of halogens is 1. The highest BCUT2D eigenvalue weighted by molar-refractivity contribution is 8.93. The van der Waals surface area contributed by atoms with E-state index < -0.39 is 5.97 Å². The van der Waals surface area contributed by atoms with Crippen LogP contribution in [0, 0.1) is 0 Å². The molecule has 5 nitrogen and oxygen atoms in total. The van der Waals surface area contributed by atoms with Crippen molar-refractivity contribution in [3.8, 4) is 0 Å². The van der Waals surface area contributed by atoms with Crippen molar-refractivity contribution in [2.75, 3.05) is 12.3 Å². The van der Waals surface area contributed by atoms with Gasteiger partial charge in [0, 0.05) is 18.4 Å². The Kier molecular flexibility index (Phi) is 6.47. The zero-order chi connectivity index (χ0) is 16.9. The first kappa shape index (κ1) is 18.9. The highest BCUT2D eigenvalue weighted by Gasteiger charge is 2.22. The van der Waals surface area contributed by atoms with Crippen molar-refractivity contribution in [1.29, 1.82) is 0 Å². The van der Waals surface area contributed by atoms with Gasteiger partial charge in [-0.15, -0.1) is 17.0 Å². The minimum Gasteiger partial charge on any atom is -0.462 e. The number of hydrogen-bond acceptors (Lipinski definition) is 4. The van der Waals surface area contributed by atoms with Gasteiger partial charge in [0.2, 0.25) is 0 Å². The van der Waals surface area contributed by atoms with Crippen molar-refractivity contribution >= 4 is 28.8 Å². The average molecular weight is 404 g/mol. The molecule has 0 radical (unpaired) electrons. The summed E-state index contributed by atoms with van der Waals surface area (Å²) >= 11 is 0. The van der Waals surface area contributed by atoms with Gasteiger partial charge in [-0.3, -0.25) is 0 Å². The molecule has 2 heterocycles. The minimum atomic E-state index is -0.401. The molecule has 1 unspecified atom stereocenters. The second-order valence-electron chi connectivity index (χ2n) is 5.60. The van der Waals surface area contributed by atoms with Crippen LogP contribution in [0.2, 0.25) is 0 Å². The number of benzene rings is 1. The van der Waals surface area contributed by atoms with Crippen LogP contribution in [0.15, 0.2) is 60.8 Å². The number of aromatic nitrogens is 1. The zero-order valence-electron chi connectivity index (χ0n) is 14.0. The fourth-order valence-corrected chi connectivity index (χ4v) is 2.79. The van der Waals surface area contributed by atoms with Gasteiger partial charge < -0.3 is 20.4 Å². The lowest BCUT2D eigenvalue weighted by molar-refractivity contribution is 0.0528. The standard InChI is InChI=1S/C19H21N3O2.BrH/c1-2-24-19(23)15-12-16(21-18(15)20)17-10-6-7-11-22(17)13-14-8-4-3-5-9-14;/h3-12,17,21H,2,13,20H2,1H3;1H. The van der Waals surface area contributed by atoms with Crippen molar-refractivity contribution in [3.63, 3.8) is 0 Å². The van der Waals surface area contributed by atoms with E-state index in [1.165, 1.54) is 5.56 Å². The van der Waals surface area contributed by atoms with Crippen LogP contribution in [0.25, 0.3) is 0 Å². The van der Waals surface area contributed by atoms with Crippen LogP contribution >= 0.6 is 17.0 Å². The number of ether oxygens (including phenoxy) is 1. The van der Waals surface area contributed by atoms with Crippen LogP contribution < -0.4 is 5.73 Å². The molecule has 0 bridgehead atoms. The molecule has 0 aliphatic carbocycles. The summed E-state index contributed by atoms with van der Waals surface area (Å²) in [5.74, 6) is -0.0616. The Morgan fingerprint density at radius 1 is 1.28 bits per heavy atom. The Bertz CT molecular complexity index is 768. The van der Waals surface area contributed by atoms with Gasteiger partial charge in [-0.1, -0.05) is 42.5 Å². The number of carbonyl (C=O) groups excluding carboxylic acids is 1. The predicted octanol–water partition coefficient (Wildman–Crippen LogP) is 3.98. The Labute approximate surface area is 157 Å². The van der Waals surface area contributed by atoms with Crippen LogP contribution in [-0.4, -0.2) is 22.5 Å². The molecule has 0 saturated carbocycles. The van der Waals surface area contributed by atoms with E-state index >= 15 is 0 Å². The molecular formula is C19H22BrN3O2. The highest BCUT2D eigenvalue weighted by atomic mass is 79.9. The number of nitrogens with zero attached hydrogens (tertiary/aromatic N) is 1. The molecule has 1 aromatic heterocycles. The third kappa shape index (κ3) is 4.33. The highest BCUT2D eigenvalue weighted by Crippen LogP contribution is 2.29. The quantitative estimate of drug-likeness (QED) is 0.740. The number of carbonyl (C=O) groups is 1. The summed E-state index contributed by atoms with van der Waals surface area (Å²) in [6.45, 7) is 2.86. The van der Waals surface area contributed by atoms with E-state index in [-0.39, 0.29) is 23.0 Å². The number of anilines is 1. The lowest BCUT2D eigenvalue weighted by Crippen LogP contribution is -2.23. The molecule has 0 amide bonds. The maximum Gasteiger partial charge on any atom is 0.341 e. The summed E-state index contributed by atoms with van der Waals surface area (Å²) in [4.78, 5) is 17.3. The van der Waals surface area contributed by atoms with E-state index in [0.717, 1.165) is 12.2 Å². The minimum absolute atomic E-state index is 0. The van der Waals surface area contributed by atoms with E-state index in [9.17, 15) is 4.79 Å². The smallest absolute Gasteiger partial charge is 0.341 e. The lowest BCUT2D eigenvalue weighted by Gasteiger charge is -2.30. The molecule has 1 atom stereocenters. The van der Waals surface area contributed by atoms with Crippen LogP contribution in [0.5, 0.6) is 0 Å².